The number of hydrogen-bond donors (Lipinski definition) is 3. The van der Waals surface area contributed by atoms with E-state index in [9.17, 15) is 14.4 Å². The van der Waals surface area contributed by atoms with Crippen LogP contribution >= 0.6 is 0 Å². The first kappa shape index (κ1) is 26.0. The van der Waals surface area contributed by atoms with Crippen LogP contribution in [0.15, 0.2) is 48.8 Å². The quantitative estimate of drug-likeness (QED) is 0.400. The Morgan fingerprint density at radius 2 is 1.69 bits per heavy atom. The van der Waals surface area contributed by atoms with Crippen molar-refractivity contribution in [1.29, 1.82) is 0 Å². The van der Waals surface area contributed by atoms with Crippen LogP contribution in [0.4, 0.5) is 17.5 Å². The molecular formula is C26H29N9O4. The van der Waals surface area contributed by atoms with Crippen LogP contribution in [0.1, 0.15) is 44.0 Å². The highest BCUT2D eigenvalue weighted by Crippen LogP contribution is 2.22. The minimum absolute atomic E-state index is 0.0654. The van der Waals surface area contributed by atoms with Gasteiger partial charge >= 0.3 is 0 Å². The van der Waals surface area contributed by atoms with Crippen molar-refractivity contribution < 1.29 is 19.1 Å². The molecule has 5 rings (SSSR count). The van der Waals surface area contributed by atoms with E-state index >= 15 is 0 Å². The summed E-state index contributed by atoms with van der Waals surface area (Å²) in [7, 11) is 0. The molecule has 3 amide bonds. The van der Waals surface area contributed by atoms with Crippen LogP contribution in [0.3, 0.4) is 0 Å². The number of morpholine rings is 1. The summed E-state index contributed by atoms with van der Waals surface area (Å²) < 4.78 is 5.31. The zero-order valence-corrected chi connectivity index (χ0v) is 21.2. The summed E-state index contributed by atoms with van der Waals surface area (Å²) in [6.45, 7) is 3.31. The van der Waals surface area contributed by atoms with E-state index in [2.05, 4.69) is 30.8 Å². The summed E-state index contributed by atoms with van der Waals surface area (Å²) in [4.78, 5) is 49.5. The normalized spacial score (nSPS) is 17.4. The number of benzene rings is 1. The Balaban J connectivity index is 1.29. The molecule has 202 valence electrons. The van der Waals surface area contributed by atoms with Crippen molar-refractivity contribution in [3.05, 3.63) is 65.6 Å². The van der Waals surface area contributed by atoms with Gasteiger partial charge in [0, 0.05) is 61.4 Å². The molecule has 0 radical (unpaired) electrons. The number of anilines is 3. The zero-order chi connectivity index (χ0) is 27.2. The maximum absolute atomic E-state index is 12.7. The van der Waals surface area contributed by atoms with Crippen molar-refractivity contribution >= 4 is 35.2 Å². The Morgan fingerprint density at radius 1 is 0.949 bits per heavy atom. The molecule has 1 atom stereocenters. The van der Waals surface area contributed by atoms with Gasteiger partial charge in [0.1, 0.15) is 0 Å². The smallest absolute Gasteiger partial charge is 0.273 e. The number of amides is 3. The average Bonchev–Trinajstić information content (AvgIpc) is 2.98. The fourth-order valence-corrected chi connectivity index (χ4v) is 4.53. The number of ether oxygens (including phenoxy) is 1. The molecule has 4 N–H and O–H groups in total. The molecule has 0 spiro atoms. The van der Waals surface area contributed by atoms with Gasteiger partial charge in [-0.15, -0.1) is 10.2 Å². The number of carbonyl (C=O) groups is 3. The van der Waals surface area contributed by atoms with Crippen molar-refractivity contribution in [2.24, 2.45) is 5.73 Å². The van der Waals surface area contributed by atoms with Gasteiger partial charge in [-0.25, -0.2) is 0 Å². The highest BCUT2D eigenvalue weighted by atomic mass is 16.5. The second kappa shape index (κ2) is 11.8. The highest BCUT2D eigenvalue weighted by molar-refractivity contribution is 5.97. The monoisotopic (exact) mass is 531 g/mol. The van der Waals surface area contributed by atoms with Gasteiger partial charge in [0.25, 0.3) is 17.7 Å². The molecule has 2 saturated heterocycles. The third-order valence-corrected chi connectivity index (χ3v) is 6.58. The number of pyridine rings is 1. The van der Waals surface area contributed by atoms with Gasteiger partial charge in [-0.05, 0) is 49.2 Å². The molecule has 2 aliphatic rings. The molecule has 2 fully saturated rings. The predicted molar refractivity (Wildman–Crippen MR) is 142 cm³/mol. The number of piperidine rings is 1. The lowest BCUT2D eigenvalue weighted by molar-refractivity contribution is 0.0303. The Morgan fingerprint density at radius 3 is 2.41 bits per heavy atom. The molecule has 2 aliphatic heterocycles. The average molecular weight is 532 g/mol. The SMILES string of the molecule is NC(=O)c1nnc(N2CCCC(NC(=O)c3ccncc3)C2)nc1Nc1ccc(C(=O)N2CCOCC2)cc1. The summed E-state index contributed by atoms with van der Waals surface area (Å²) in [6.07, 6.45) is 4.77. The number of primary amides is 1. The van der Waals surface area contributed by atoms with Crippen molar-refractivity contribution in [2.75, 3.05) is 49.6 Å². The molecule has 0 aliphatic carbocycles. The van der Waals surface area contributed by atoms with E-state index in [0.717, 1.165) is 12.8 Å². The number of carbonyl (C=O) groups excluding carboxylic acids is 3. The van der Waals surface area contributed by atoms with Crippen molar-refractivity contribution in [2.45, 2.75) is 18.9 Å². The Bertz CT molecular complexity index is 1330. The number of nitrogens with one attached hydrogen (secondary N) is 2. The standard InChI is InChI=1S/C26H29N9O4/c27-22(36)21-23(29-19-5-3-18(4-6-19)25(38)34-12-14-39-15-13-34)31-26(33-32-21)35-11-1-2-20(16-35)30-24(37)17-7-9-28-10-8-17/h3-10,20H,1-2,11-16H2,(H2,27,36)(H,30,37)(H,29,31,33). The van der Waals surface area contributed by atoms with Crippen LogP contribution in [0.2, 0.25) is 0 Å². The van der Waals surface area contributed by atoms with Gasteiger partial charge in [-0.1, -0.05) is 0 Å². The summed E-state index contributed by atoms with van der Waals surface area (Å²) in [5, 5.41) is 14.3. The molecule has 1 aromatic carbocycles. The summed E-state index contributed by atoms with van der Waals surface area (Å²) in [6, 6.07) is 10.1. The topological polar surface area (TPSA) is 169 Å². The molecular weight excluding hydrogens is 502 g/mol. The lowest BCUT2D eigenvalue weighted by Crippen LogP contribution is -2.48. The third-order valence-electron chi connectivity index (χ3n) is 6.58. The van der Waals surface area contributed by atoms with E-state index in [-0.39, 0.29) is 29.4 Å². The summed E-state index contributed by atoms with van der Waals surface area (Å²) in [5.41, 5.74) is 7.11. The van der Waals surface area contributed by atoms with E-state index in [1.807, 2.05) is 4.90 Å². The van der Waals surface area contributed by atoms with Crippen LogP contribution < -0.4 is 21.3 Å². The molecule has 13 nitrogen and oxygen atoms in total. The number of nitrogens with zero attached hydrogens (tertiary/aromatic N) is 6. The van der Waals surface area contributed by atoms with Crippen LogP contribution in [0, 0.1) is 0 Å². The van der Waals surface area contributed by atoms with Crippen LogP contribution in [0.5, 0.6) is 0 Å². The van der Waals surface area contributed by atoms with Crippen molar-refractivity contribution in [3.8, 4) is 0 Å². The van der Waals surface area contributed by atoms with Crippen LogP contribution in [0.25, 0.3) is 0 Å². The number of hydrogen-bond acceptors (Lipinski definition) is 10. The van der Waals surface area contributed by atoms with Crippen molar-refractivity contribution in [3.63, 3.8) is 0 Å². The van der Waals surface area contributed by atoms with E-state index in [4.69, 9.17) is 10.5 Å². The maximum atomic E-state index is 12.7. The Hall–Kier alpha value is -4.65. The molecule has 13 heteroatoms. The molecule has 4 heterocycles. The largest absolute Gasteiger partial charge is 0.378 e. The van der Waals surface area contributed by atoms with E-state index in [1.165, 1.54) is 0 Å². The first-order valence-electron chi connectivity index (χ1n) is 12.7. The van der Waals surface area contributed by atoms with Gasteiger partial charge in [0.05, 0.1) is 13.2 Å². The molecule has 1 unspecified atom stereocenters. The second-order valence-corrected chi connectivity index (χ2v) is 9.27. The van der Waals surface area contributed by atoms with Crippen LogP contribution in [-0.4, -0.2) is 88.2 Å². The van der Waals surface area contributed by atoms with Crippen LogP contribution in [-0.2, 0) is 4.74 Å². The lowest BCUT2D eigenvalue weighted by Gasteiger charge is -2.33. The maximum Gasteiger partial charge on any atom is 0.273 e. The van der Waals surface area contributed by atoms with Gasteiger partial charge in [-0.3, -0.25) is 19.4 Å². The molecule has 3 aromatic rings. The minimum atomic E-state index is -0.774. The fraction of sp³-hybridized carbons (Fsp3) is 0.346. The van der Waals surface area contributed by atoms with E-state index in [1.54, 1.807) is 53.7 Å². The third kappa shape index (κ3) is 6.26. The zero-order valence-electron chi connectivity index (χ0n) is 21.2. The summed E-state index contributed by atoms with van der Waals surface area (Å²) in [5.74, 6) is -0.550. The predicted octanol–water partition coefficient (Wildman–Crippen LogP) is 0.980. The fourth-order valence-electron chi connectivity index (χ4n) is 4.53. The van der Waals surface area contributed by atoms with E-state index < -0.39 is 5.91 Å². The molecule has 0 saturated carbocycles. The van der Waals surface area contributed by atoms with Gasteiger partial charge in [-0.2, -0.15) is 4.98 Å². The number of aromatic nitrogens is 4. The van der Waals surface area contributed by atoms with E-state index in [0.29, 0.717) is 62.2 Å². The summed E-state index contributed by atoms with van der Waals surface area (Å²) >= 11 is 0. The number of rotatable bonds is 7. The number of nitrogens with two attached hydrogens (primary N) is 1. The Labute approximate surface area is 224 Å². The molecule has 39 heavy (non-hydrogen) atoms. The second-order valence-electron chi connectivity index (χ2n) is 9.27. The Kier molecular flexibility index (Phi) is 7.87. The lowest BCUT2D eigenvalue weighted by atomic mass is 10.1. The first-order valence-corrected chi connectivity index (χ1v) is 12.7. The molecule has 2 aromatic heterocycles. The first-order chi connectivity index (χ1) is 19.0. The molecule has 0 bridgehead atoms. The van der Waals surface area contributed by atoms with Crippen molar-refractivity contribution in [1.82, 2.24) is 30.4 Å². The highest BCUT2D eigenvalue weighted by Gasteiger charge is 2.26. The van der Waals surface area contributed by atoms with Gasteiger partial charge < -0.3 is 30.9 Å². The minimum Gasteiger partial charge on any atom is -0.378 e. The van der Waals surface area contributed by atoms with Gasteiger partial charge in [0.2, 0.25) is 5.95 Å². The van der Waals surface area contributed by atoms with Gasteiger partial charge in [0.15, 0.2) is 11.5 Å².